The highest BCUT2D eigenvalue weighted by Crippen LogP contribution is 2.19. The molecule has 19 heavy (non-hydrogen) atoms. The number of amides is 1. The molecule has 1 aliphatic heterocycles. The Morgan fingerprint density at radius 2 is 2.32 bits per heavy atom. The molecule has 6 heteroatoms. The number of rotatable bonds is 4. The number of nitrogens with one attached hydrogen (secondary N) is 1. The van der Waals surface area contributed by atoms with Gasteiger partial charge >= 0.3 is 5.97 Å². The molecule has 1 saturated heterocycles. The predicted octanol–water partition coefficient (Wildman–Crippen LogP) is 1.75. The largest absolute Gasteiger partial charge is 0.478 e. The van der Waals surface area contributed by atoms with Crippen LogP contribution in [0.2, 0.25) is 0 Å². The number of hydrogen-bond donors (Lipinski definition) is 2. The number of carbonyl (C=O) groups is 2. The first-order valence-electron chi connectivity index (χ1n) is 5.99. The van der Waals surface area contributed by atoms with E-state index in [0.29, 0.717) is 11.5 Å². The van der Waals surface area contributed by atoms with Crippen LogP contribution in [0.5, 0.6) is 0 Å². The lowest BCUT2D eigenvalue weighted by atomic mass is 10.1. The number of carbonyl (C=O) groups excluding carboxylic acids is 1. The molecule has 1 aliphatic rings. The van der Waals surface area contributed by atoms with Crippen LogP contribution >= 0.6 is 11.3 Å². The average molecular weight is 281 g/mol. The molecule has 2 heterocycles. The molecule has 0 saturated carbocycles. The normalized spacial score (nSPS) is 22.8. The van der Waals surface area contributed by atoms with Crippen molar-refractivity contribution in [1.29, 1.82) is 0 Å². The average Bonchev–Trinajstić information content (AvgIpc) is 2.97. The van der Waals surface area contributed by atoms with E-state index < -0.39 is 5.97 Å². The second-order valence-electron chi connectivity index (χ2n) is 4.32. The van der Waals surface area contributed by atoms with Crippen molar-refractivity contribution in [2.75, 3.05) is 6.61 Å². The van der Waals surface area contributed by atoms with Gasteiger partial charge in [-0.2, -0.15) is 0 Å². The van der Waals surface area contributed by atoms with Crippen molar-refractivity contribution in [1.82, 2.24) is 5.32 Å². The second kappa shape index (κ2) is 5.99. The number of aliphatic carboxylic acids is 1. The van der Waals surface area contributed by atoms with Crippen molar-refractivity contribution in [3.8, 4) is 0 Å². The smallest absolute Gasteiger partial charge is 0.328 e. The SMILES string of the molecule is CC1OCCC1NC(=O)c1ccc(/C=C/C(=O)O)s1. The van der Waals surface area contributed by atoms with Gasteiger partial charge in [0.1, 0.15) is 0 Å². The molecule has 0 bridgehead atoms. The molecule has 2 rings (SSSR count). The van der Waals surface area contributed by atoms with Crippen LogP contribution in [0.3, 0.4) is 0 Å². The molecule has 102 valence electrons. The third-order valence-corrected chi connectivity index (χ3v) is 3.98. The molecule has 1 aromatic heterocycles. The maximum atomic E-state index is 12.0. The summed E-state index contributed by atoms with van der Waals surface area (Å²) in [5.74, 6) is -1.14. The van der Waals surface area contributed by atoms with E-state index in [9.17, 15) is 9.59 Å². The van der Waals surface area contributed by atoms with Crippen molar-refractivity contribution < 1.29 is 19.4 Å². The summed E-state index contributed by atoms with van der Waals surface area (Å²) in [5, 5.41) is 11.5. The maximum absolute atomic E-state index is 12.0. The van der Waals surface area contributed by atoms with E-state index in [-0.39, 0.29) is 18.1 Å². The summed E-state index contributed by atoms with van der Waals surface area (Å²) >= 11 is 1.26. The van der Waals surface area contributed by atoms with Gasteiger partial charge in [-0.3, -0.25) is 4.79 Å². The van der Waals surface area contributed by atoms with E-state index in [2.05, 4.69) is 5.32 Å². The fourth-order valence-electron chi connectivity index (χ4n) is 1.88. The molecule has 1 amide bonds. The first-order valence-corrected chi connectivity index (χ1v) is 6.81. The Balaban J connectivity index is 1.98. The number of ether oxygens (including phenoxy) is 1. The van der Waals surface area contributed by atoms with Gasteiger partial charge in [0.25, 0.3) is 5.91 Å². The molecular formula is C13H15NO4S. The van der Waals surface area contributed by atoms with Gasteiger partial charge in [-0.25, -0.2) is 4.79 Å². The Bertz CT molecular complexity index is 508. The first kappa shape index (κ1) is 13.8. The summed E-state index contributed by atoms with van der Waals surface area (Å²) in [5.41, 5.74) is 0. The van der Waals surface area contributed by atoms with Crippen molar-refractivity contribution in [3.63, 3.8) is 0 Å². The van der Waals surface area contributed by atoms with Gasteiger partial charge in [0.05, 0.1) is 17.0 Å². The van der Waals surface area contributed by atoms with E-state index in [1.165, 1.54) is 17.4 Å². The Kier molecular flexibility index (Phi) is 4.34. The third-order valence-electron chi connectivity index (χ3n) is 2.93. The fraction of sp³-hybridized carbons (Fsp3) is 0.385. The van der Waals surface area contributed by atoms with Gasteiger partial charge < -0.3 is 15.2 Å². The second-order valence-corrected chi connectivity index (χ2v) is 5.43. The zero-order chi connectivity index (χ0) is 13.8. The molecule has 0 aliphatic carbocycles. The first-order chi connectivity index (χ1) is 9.06. The minimum Gasteiger partial charge on any atom is -0.478 e. The van der Waals surface area contributed by atoms with Gasteiger partial charge in [0.2, 0.25) is 0 Å². The van der Waals surface area contributed by atoms with E-state index in [1.54, 1.807) is 12.1 Å². The number of thiophene rings is 1. The fourth-order valence-corrected chi connectivity index (χ4v) is 2.69. The van der Waals surface area contributed by atoms with Crippen LogP contribution in [0, 0.1) is 0 Å². The molecular weight excluding hydrogens is 266 g/mol. The minimum absolute atomic E-state index is 0.0373. The summed E-state index contributed by atoms with van der Waals surface area (Å²) in [6.45, 7) is 2.61. The van der Waals surface area contributed by atoms with Gasteiger partial charge in [-0.05, 0) is 31.6 Å². The van der Waals surface area contributed by atoms with Crippen LogP contribution in [0.1, 0.15) is 27.9 Å². The van der Waals surface area contributed by atoms with Crippen LogP contribution < -0.4 is 5.32 Å². The van der Waals surface area contributed by atoms with E-state index in [1.807, 2.05) is 6.92 Å². The van der Waals surface area contributed by atoms with E-state index in [0.717, 1.165) is 17.4 Å². The molecule has 5 nitrogen and oxygen atoms in total. The number of carboxylic acid groups (broad SMARTS) is 1. The molecule has 2 N–H and O–H groups in total. The highest BCUT2D eigenvalue weighted by Gasteiger charge is 2.26. The topological polar surface area (TPSA) is 75.6 Å². The van der Waals surface area contributed by atoms with Crippen molar-refractivity contribution in [3.05, 3.63) is 28.0 Å². The Morgan fingerprint density at radius 1 is 1.53 bits per heavy atom. The van der Waals surface area contributed by atoms with Crippen molar-refractivity contribution >= 4 is 29.3 Å². The van der Waals surface area contributed by atoms with Gasteiger partial charge in [0, 0.05) is 17.6 Å². The lowest BCUT2D eigenvalue weighted by Crippen LogP contribution is -2.38. The maximum Gasteiger partial charge on any atom is 0.328 e. The van der Waals surface area contributed by atoms with Crippen LogP contribution in [0.4, 0.5) is 0 Å². The molecule has 0 spiro atoms. The predicted molar refractivity (Wildman–Crippen MR) is 72.3 cm³/mol. The lowest BCUT2D eigenvalue weighted by Gasteiger charge is -2.15. The monoisotopic (exact) mass is 281 g/mol. The molecule has 1 fully saturated rings. The number of hydrogen-bond acceptors (Lipinski definition) is 4. The summed E-state index contributed by atoms with van der Waals surface area (Å²) < 4.78 is 5.38. The quantitative estimate of drug-likeness (QED) is 0.824. The molecule has 0 aromatic carbocycles. The van der Waals surface area contributed by atoms with Gasteiger partial charge in [-0.1, -0.05) is 0 Å². The lowest BCUT2D eigenvalue weighted by molar-refractivity contribution is -0.131. The third kappa shape index (κ3) is 3.65. The number of carboxylic acids is 1. The Hall–Kier alpha value is -1.66. The molecule has 1 aromatic rings. The van der Waals surface area contributed by atoms with E-state index >= 15 is 0 Å². The summed E-state index contributed by atoms with van der Waals surface area (Å²) in [6, 6.07) is 3.47. The highest BCUT2D eigenvalue weighted by molar-refractivity contribution is 7.14. The van der Waals surface area contributed by atoms with Gasteiger partial charge in [0.15, 0.2) is 0 Å². The molecule has 2 unspecified atom stereocenters. The zero-order valence-electron chi connectivity index (χ0n) is 10.5. The van der Waals surface area contributed by atoms with E-state index in [4.69, 9.17) is 9.84 Å². The summed E-state index contributed by atoms with van der Waals surface area (Å²) in [4.78, 5) is 23.7. The molecule has 2 atom stereocenters. The van der Waals surface area contributed by atoms with Crippen LogP contribution in [0.25, 0.3) is 6.08 Å². The van der Waals surface area contributed by atoms with Crippen LogP contribution in [-0.4, -0.2) is 35.7 Å². The van der Waals surface area contributed by atoms with Crippen LogP contribution in [-0.2, 0) is 9.53 Å². The zero-order valence-corrected chi connectivity index (χ0v) is 11.3. The Morgan fingerprint density at radius 3 is 2.95 bits per heavy atom. The van der Waals surface area contributed by atoms with Crippen LogP contribution in [0.15, 0.2) is 18.2 Å². The van der Waals surface area contributed by atoms with Crippen molar-refractivity contribution in [2.45, 2.75) is 25.5 Å². The summed E-state index contributed by atoms with van der Waals surface area (Å²) in [7, 11) is 0. The highest BCUT2D eigenvalue weighted by atomic mass is 32.1. The standard InChI is InChI=1S/C13H15NO4S/c1-8-10(6-7-18-8)14-13(17)11-4-2-9(19-11)3-5-12(15)16/h2-5,8,10H,6-7H2,1H3,(H,14,17)(H,15,16)/b5-3+. The molecule has 0 radical (unpaired) electrons. The van der Waals surface area contributed by atoms with Gasteiger partial charge in [-0.15, -0.1) is 11.3 Å². The minimum atomic E-state index is -1.00. The van der Waals surface area contributed by atoms with Crippen molar-refractivity contribution in [2.24, 2.45) is 0 Å². The summed E-state index contributed by atoms with van der Waals surface area (Å²) in [6.07, 6.45) is 3.39. The Labute approximate surface area is 114 Å².